The van der Waals surface area contributed by atoms with E-state index in [0.29, 0.717) is 11.3 Å². The van der Waals surface area contributed by atoms with Crippen molar-refractivity contribution in [2.24, 2.45) is 11.8 Å². The molecule has 1 spiro atoms. The number of carbonyl (C=O) groups excluding carboxylic acids is 3. The molecule has 16 heteroatoms. The molecule has 4 atom stereocenters. The Kier molecular flexibility index (Phi) is 9.58. The average Bonchev–Trinajstić information content (AvgIpc) is 3.47. The number of rotatable bonds is 7. The molecule has 3 aliphatic carbocycles. The van der Waals surface area contributed by atoms with E-state index >= 15 is 0 Å². The van der Waals surface area contributed by atoms with Crippen molar-refractivity contribution in [2.45, 2.75) is 69.3 Å². The summed E-state index contributed by atoms with van der Waals surface area (Å²) in [6.45, 7) is 6.42. The Morgan fingerprint density at radius 3 is 2.20 bits per heavy atom. The van der Waals surface area contributed by atoms with E-state index < -0.39 is 75.4 Å². The van der Waals surface area contributed by atoms with E-state index in [2.05, 4.69) is 16.0 Å². The van der Waals surface area contributed by atoms with E-state index in [1.54, 1.807) is 44.1 Å². The van der Waals surface area contributed by atoms with Gasteiger partial charge in [-0.25, -0.2) is 0 Å². The van der Waals surface area contributed by atoms with Crippen LogP contribution in [0.2, 0.25) is 0 Å². The number of nitrogens with zero attached hydrogens (tertiary/aromatic N) is 2. The van der Waals surface area contributed by atoms with Crippen LogP contribution in [0.25, 0.3) is 0 Å². The molecule has 16 nitrogen and oxygen atoms in total. The molecule has 1 saturated heterocycles. The molecule has 1 aliphatic heterocycles. The Labute approximate surface area is 290 Å². The van der Waals surface area contributed by atoms with Crippen LogP contribution >= 0.6 is 0 Å². The summed E-state index contributed by atoms with van der Waals surface area (Å²) in [4.78, 5) is 41.9. The van der Waals surface area contributed by atoms with Gasteiger partial charge in [0.1, 0.15) is 17.1 Å². The van der Waals surface area contributed by atoms with Crippen LogP contribution in [0.4, 0.5) is 11.4 Å². The number of carbonyl (C=O) groups is 3. The van der Waals surface area contributed by atoms with Crippen molar-refractivity contribution in [3.63, 3.8) is 0 Å². The molecule has 1 aromatic carbocycles. The highest BCUT2D eigenvalue weighted by Crippen LogP contribution is 2.62. The van der Waals surface area contributed by atoms with Gasteiger partial charge in [0.2, 0.25) is 23.4 Å². The maximum Gasteiger partial charge on any atom is 0.262 e. The van der Waals surface area contributed by atoms with E-state index in [4.69, 9.17) is 14.2 Å². The maximum absolute atomic E-state index is 13.6. The highest BCUT2D eigenvalue weighted by atomic mass is 16.8. The van der Waals surface area contributed by atoms with Crippen molar-refractivity contribution >= 4 is 29.1 Å². The van der Waals surface area contributed by atoms with Crippen molar-refractivity contribution in [1.29, 1.82) is 0 Å². The van der Waals surface area contributed by atoms with E-state index in [1.165, 1.54) is 7.11 Å². The number of methoxy groups -OCH3 is 1. The number of aliphatic hydroxyl groups excluding tert-OH is 2. The fourth-order valence-corrected chi connectivity index (χ4v) is 8.02. The van der Waals surface area contributed by atoms with E-state index in [1.807, 2.05) is 20.8 Å². The molecule has 50 heavy (non-hydrogen) atoms. The molecule has 1 heterocycles. The summed E-state index contributed by atoms with van der Waals surface area (Å²) >= 11 is 0. The number of nitrogens with one attached hydrogen (secondary N) is 3. The standard InChI is InChI=1S/C34H49N5O11/c1-16(40)36-30(44)25-27(42)26(39(7)8)19-13-17-12-18-21(38(5)6)14-20(37-22(41)15-35-31(2,3)4)28(48-9)24(18)33(46,47)23(17)29(43)32(19,45)34(25)49-10-11-50-34/h14,17,19,26,35,42-43,45-47H,10-13,15H2,1-9H3,(H,37,41)(H,36,40,44)/t17-,19-,26-,32-/m0/s1. The lowest BCUT2D eigenvalue weighted by molar-refractivity contribution is -0.282. The minimum atomic E-state index is -3.01. The van der Waals surface area contributed by atoms with Gasteiger partial charge in [-0.3, -0.25) is 24.6 Å². The second-order valence-corrected chi connectivity index (χ2v) is 14.8. The van der Waals surface area contributed by atoms with Gasteiger partial charge in [-0.1, -0.05) is 0 Å². The predicted molar refractivity (Wildman–Crippen MR) is 180 cm³/mol. The molecular formula is C34H49N5O11. The van der Waals surface area contributed by atoms with Gasteiger partial charge >= 0.3 is 0 Å². The highest BCUT2D eigenvalue weighted by molar-refractivity contribution is 6.05. The van der Waals surface area contributed by atoms with Gasteiger partial charge in [0.05, 0.1) is 44.2 Å². The number of fused-ring (bicyclic) bond motifs is 4. The quantitative estimate of drug-likeness (QED) is 0.177. The smallest absolute Gasteiger partial charge is 0.262 e. The largest absolute Gasteiger partial charge is 0.510 e. The van der Waals surface area contributed by atoms with Gasteiger partial charge < -0.3 is 55.3 Å². The molecule has 0 saturated carbocycles. The van der Waals surface area contributed by atoms with Crippen LogP contribution < -0.4 is 25.6 Å². The van der Waals surface area contributed by atoms with Crippen molar-refractivity contribution in [1.82, 2.24) is 15.5 Å². The van der Waals surface area contributed by atoms with E-state index in [9.17, 15) is 39.9 Å². The van der Waals surface area contributed by atoms with Crippen LogP contribution in [0.15, 0.2) is 28.7 Å². The SMILES string of the molecule is COc1c(NC(=O)CNC(C)(C)C)cc(N(C)C)c2c1C(O)(O)C1=C(O)[C@@]3(O)[C@@H](C[C@@H]1C2)[C@H](N(C)C)C(O)=C(C(=O)NC(C)=O)C31OCCO1. The van der Waals surface area contributed by atoms with Gasteiger partial charge in [-0.05, 0) is 65.3 Å². The number of ether oxygens (including phenoxy) is 3. The molecule has 8 N–H and O–H groups in total. The van der Waals surface area contributed by atoms with Crippen molar-refractivity contribution in [3.05, 3.63) is 39.9 Å². The van der Waals surface area contributed by atoms with Crippen LogP contribution in [-0.4, -0.2) is 126 Å². The van der Waals surface area contributed by atoms with Gasteiger partial charge in [0.15, 0.2) is 11.4 Å². The summed E-state index contributed by atoms with van der Waals surface area (Å²) in [6, 6.07) is 0.550. The summed E-state index contributed by atoms with van der Waals surface area (Å²) < 4.78 is 17.6. The maximum atomic E-state index is 13.6. The van der Waals surface area contributed by atoms with Gasteiger partial charge in [0, 0.05) is 43.7 Å². The molecule has 0 unspecified atom stereocenters. The van der Waals surface area contributed by atoms with Gasteiger partial charge in [0.25, 0.3) is 5.91 Å². The number of aliphatic hydroxyl groups is 5. The zero-order valence-corrected chi connectivity index (χ0v) is 29.9. The first-order chi connectivity index (χ1) is 23.1. The van der Waals surface area contributed by atoms with Crippen LogP contribution in [0, 0.1) is 11.8 Å². The first kappa shape index (κ1) is 37.5. The Morgan fingerprint density at radius 1 is 1.06 bits per heavy atom. The zero-order chi connectivity index (χ0) is 37.3. The summed E-state index contributed by atoms with van der Waals surface area (Å²) in [6.07, 6.45) is 0.0677. The third-order valence-corrected chi connectivity index (χ3v) is 9.89. The van der Waals surface area contributed by atoms with E-state index in [-0.39, 0.29) is 55.1 Å². The van der Waals surface area contributed by atoms with Gasteiger partial charge in [-0.2, -0.15) is 0 Å². The lowest BCUT2D eigenvalue weighted by Gasteiger charge is -2.58. The second kappa shape index (κ2) is 12.8. The first-order valence-electron chi connectivity index (χ1n) is 16.4. The molecule has 1 aromatic rings. The Bertz CT molecular complexity index is 1650. The number of amides is 3. The molecule has 3 amide bonds. The van der Waals surface area contributed by atoms with Crippen molar-refractivity contribution < 1.29 is 54.1 Å². The van der Waals surface area contributed by atoms with Gasteiger partial charge in [-0.15, -0.1) is 0 Å². The van der Waals surface area contributed by atoms with Crippen LogP contribution in [0.1, 0.15) is 45.2 Å². The van der Waals surface area contributed by atoms with Crippen LogP contribution in [0.3, 0.4) is 0 Å². The Balaban J connectivity index is 1.76. The second-order valence-electron chi connectivity index (χ2n) is 14.8. The predicted octanol–water partition coefficient (Wildman–Crippen LogP) is 0.122. The minimum Gasteiger partial charge on any atom is -0.510 e. The fourth-order valence-electron chi connectivity index (χ4n) is 8.02. The fraction of sp³-hybridized carbons (Fsp3) is 0.618. The summed E-state index contributed by atoms with van der Waals surface area (Å²) in [5.41, 5.74) is -3.12. The minimum absolute atomic E-state index is 0.0483. The van der Waals surface area contributed by atoms with E-state index in [0.717, 1.165) is 6.92 Å². The normalized spacial score (nSPS) is 26.7. The molecule has 276 valence electrons. The number of benzene rings is 1. The lowest BCUT2D eigenvalue weighted by atomic mass is 9.56. The van der Waals surface area contributed by atoms with Crippen molar-refractivity contribution in [2.75, 3.05) is 65.3 Å². The average molecular weight is 704 g/mol. The van der Waals surface area contributed by atoms with Crippen molar-refractivity contribution in [3.8, 4) is 5.75 Å². The Morgan fingerprint density at radius 2 is 1.68 bits per heavy atom. The molecule has 0 radical (unpaired) electrons. The number of hydrogen-bond donors (Lipinski definition) is 8. The number of hydrogen-bond acceptors (Lipinski definition) is 14. The lowest BCUT2D eigenvalue weighted by Crippen LogP contribution is -2.72. The molecule has 5 rings (SSSR count). The van der Waals surface area contributed by atoms with Crippen LogP contribution in [-0.2, 0) is 36.1 Å². The summed E-state index contributed by atoms with van der Waals surface area (Å²) in [7, 11) is 8.03. The molecular weight excluding hydrogens is 654 g/mol. The summed E-state index contributed by atoms with van der Waals surface area (Å²) in [5, 5.41) is 69.4. The topological polar surface area (TPSA) is 223 Å². The molecule has 1 fully saturated rings. The number of likely N-dealkylation sites (N-methyl/N-ethyl adjacent to an activating group) is 1. The van der Waals surface area contributed by atoms with Crippen LogP contribution in [0.5, 0.6) is 5.75 Å². The summed E-state index contributed by atoms with van der Waals surface area (Å²) in [5.74, 6) is -11.4. The molecule has 0 bridgehead atoms. The molecule has 0 aromatic heterocycles. The first-order valence-corrected chi connectivity index (χ1v) is 16.4. The number of imide groups is 1. The Hall–Kier alpha value is -3.77. The third-order valence-electron chi connectivity index (χ3n) is 9.89. The monoisotopic (exact) mass is 703 g/mol. The molecule has 4 aliphatic rings. The number of anilines is 2. The highest BCUT2D eigenvalue weighted by Gasteiger charge is 2.74. The third kappa shape index (κ3) is 5.72. The zero-order valence-electron chi connectivity index (χ0n) is 29.9.